The lowest BCUT2D eigenvalue weighted by atomic mass is 9.76. The molecule has 0 atom stereocenters. The van der Waals surface area contributed by atoms with Gasteiger partial charge in [0.05, 0.1) is 4.43 Å². The van der Waals surface area contributed by atoms with Gasteiger partial charge in [0.1, 0.15) is 10.1 Å². The summed E-state index contributed by atoms with van der Waals surface area (Å²) in [5.74, 6) is -0.0858. The van der Waals surface area contributed by atoms with E-state index in [-0.39, 0.29) is 11.2 Å². The van der Waals surface area contributed by atoms with Crippen LogP contribution in [0.4, 0.5) is 13.2 Å². The van der Waals surface area contributed by atoms with Crippen LogP contribution in [0.15, 0.2) is 0 Å². The third-order valence-electron chi connectivity index (χ3n) is 3.02. The van der Waals surface area contributed by atoms with Gasteiger partial charge in [-0.15, -0.1) is 0 Å². The molecule has 1 fully saturated rings. The molecule has 1 aliphatic rings. The maximum absolute atomic E-state index is 12.4. The summed E-state index contributed by atoms with van der Waals surface area (Å²) in [6.07, 6.45) is -1.15. The van der Waals surface area contributed by atoms with Crippen molar-refractivity contribution >= 4 is 35.7 Å². The minimum Gasteiger partial charge on any atom is -0.293 e. The minimum absolute atomic E-state index is 0.0858. The van der Waals surface area contributed by atoms with Gasteiger partial charge in [-0.2, -0.15) is 13.2 Å². The van der Waals surface area contributed by atoms with E-state index in [1.807, 2.05) is 13.8 Å². The van der Waals surface area contributed by atoms with E-state index in [0.29, 0.717) is 16.4 Å². The summed E-state index contributed by atoms with van der Waals surface area (Å²) in [5.41, 5.74) is 0.619. The van der Waals surface area contributed by atoms with Gasteiger partial charge in [0.15, 0.2) is 11.5 Å². The molecule has 0 heterocycles. The number of halogens is 4. The number of carbonyl (C=O) groups excluding carboxylic acids is 1. The first-order valence-corrected chi connectivity index (χ1v) is 9.41. The van der Waals surface area contributed by atoms with Gasteiger partial charge in [0.25, 0.3) is 0 Å². The highest BCUT2D eigenvalue weighted by molar-refractivity contribution is 14.2. The van der Waals surface area contributed by atoms with Crippen LogP contribution in [0.1, 0.15) is 46.5 Å². The highest BCUT2D eigenvalue weighted by Gasteiger charge is 2.38. The van der Waals surface area contributed by atoms with Crippen LogP contribution in [0.2, 0.25) is 0 Å². The SMILES string of the molecule is CCCC[NH+]=C1CC(C)(C)CC(=O)C1=ICC(F)(F)F. The number of carbonyl (C=O) groups is 1. The largest absolute Gasteiger partial charge is 0.397 e. The fourth-order valence-corrected chi connectivity index (χ4v) is 4.42. The van der Waals surface area contributed by atoms with Gasteiger partial charge in [0, 0.05) is 19.3 Å². The molecule has 1 aliphatic carbocycles. The number of hydrogen-bond donors (Lipinski definition) is 1. The Balaban J connectivity index is 2.97. The standard InChI is InChI=1S/C14H21F3INO/c1-4-5-6-19-10-7-13(2,3)8-11(20)12(10)18-9-14(15,16)17/h4-9H2,1-3H3/p+1. The molecule has 0 amide bonds. The molecule has 0 aromatic heterocycles. The van der Waals surface area contributed by atoms with E-state index >= 15 is 0 Å². The quantitative estimate of drug-likeness (QED) is 0.436. The summed E-state index contributed by atoms with van der Waals surface area (Å²) in [6.45, 7) is 6.77. The number of rotatable bonds is 4. The van der Waals surface area contributed by atoms with Crippen molar-refractivity contribution < 1.29 is 23.0 Å². The molecular weight excluding hydrogens is 382 g/mol. The number of alkyl halides is 4. The Labute approximate surface area is 128 Å². The molecule has 0 spiro atoms. The number of nitrogens with one attached hydrogen (secondary N) is 1. The maximum Gasteiger partial charge on any atom is 0.397 e. The molecular formula is C14H22F3INO+. The summed E-state index contributed by atoms with van der Waals surface area (Å²) in [6, 6.07) is 0. The van der Waals surface area contributed by atoms with Crippen LogP contribution in [0, 0.1) is 5.41 Å². The molecule has 2 nitrogen and oxygen atoms in total. The fourth-order valence-electron chi connectivity index (χ4n) is 2.15. The summed E-state index contributed by atoms with van der Waals surface area (Å²) in [4.78, 5) is 15.3. The summed E-state index contributed by atoms with van der Waals surface area (Å²) < 4.78 is 36.8. The maximum atomic E-state index is 12.4. The molecule has 0 bridgehead atoms. The molecule has 0 saturated heterocycles. The monoisotopic (exact) mass is 404 g/mol. The molecule has 0 aromatic carbocycles. The van der Waals surface area contributed by atoms with Gasteiger partial charge >= 0.3 is 6.18 Å². The molecule has 1 saturated carbocycles. The number of hydrogen-bond acceptors (Lipinski definition) is 1. The second kappa shape index (κ2) is 7.13. The molecule has 20 heavy (non-hydrogen) atoms. The Hall–Kier alpha value is -0.270. The first-order valence-electron chi connectivity index (χ1n) is 6.81. The van der Waals surface area contributed by atoms with Crippen LogP contribution < -0.4 is 4.99 Å². The number of ketones is 1. The number of unbranched alkanes of at least 4 members (excludes halogenated alkanes) is 1. The zero-order valence-electron chi connectivity index (χ0n) is 12.2. The van der Waals surface area contributed by atoms with Crippen molar-refractivity contribution in [2.75, 3.05) is 11.0 Å². The average molecular weight is 404 g/mol. The predicted octanol–water partition coefficient (Wildman–Crippen LogP) is 2.40. The Morgan fingerprint density at radius 3 is 2.50 bits per heavy atom. The second-order valence-electron chi connectivity index (χ2n) is 5.90. The summed E-state index contributed by atoms with van der Waals surface area (Å²) >= 11 is -1.29. The average Bonchev–Trinajstić information content (AvgIpc) is 2.25. The Morgan fingerprint density at radius 2 is 1.95 bits per heavy atom. The second-order valence-corrected chi connectivity index (χ2v) is 8.50. The number of Topliss-reactive ketones (excluding diaryl/α,β-unsaturated/α-hetero) is 1. The molecule has 1 N–H and O–H groups in total. The van der Waals surface area contributed by atoms with E-state index in [9.17, 15) is 18.0 Å². The van der Waals surface area contributed by atoms with Crippen LogP contribution in [0.25, 0.3) is 0 Å². The van der Waals surface area contributed by atoms with E-state index in [2.05, 4.69) is 11.9 Å². The Kier molecular flexibility index (Phi) is 6.34. The van der Waals surface area contributed by atoms with Gasteiger partial charge < -0.3 is 0 Å². The van der Waals surface area contributed by atoms with Gasteiger partial charge in [0.2, 0.25) is 0 Å². The van der Waals surface area contributed by atoms with Crippen molar-refractivity contribution in [1.29, 1.82) is 0 Å². The minimum atomic E-state index is -4.16. The van der Waals surface area contributed by atoms with Gasteiger partial charge in [-0.1, -0.05) is 47.9 Å². The summed E-state index contributed by atoms with van der Waals surface area (Å²) in [5, 5.41) is 0. The van der Waals surface area contributed by atoms with E-state index < -0.39 is 31.3 Å². The van der Waals surface area contributed by atoms with Crippen molar-refractivity contribution in [1.82, 2.24) is 0 Å². The molecule has 116 valence electrons. The predicted molar refractivity (Wildman–Crippen MR) is 83.7 cm³/mol. The normalized spacial score (nSPS) is 24.0. The lowest BCUT2D eigenvalue weighted by Gasteiger charge is -2.28. The van der Waals surface area contributed by atoms with E-state index in [0.717, 1.165) is 25.1 Å². The van der Waals surface area contributed by atoms with Crippen molar-refractivity contribution in [3.63, 3.8) is 0 Å². The molecule has 1 rings (SSSR count). The zero-order chi connectivity index (χ0) is 15.4. The fraction of sp³-hybridized carbons (Fsp3) is 0.786. The zero-order valence-corrected chi connectivity index (χ0v) is 14.3. The van der Waals surface area contributed by atoms with Crippen molar-refractivity contribution in [2.24, 2.45) is 5.41 Å². The first-order chi connectivity index (χ1) is 9.14. The van der Waals surface area contributed by atoms with Gasteiger partial charge in [-0.05, 0) is 5.41 Å². The van der Waals surface area contributed by atoms with Crippen molar-refractivity contribution in [3.8, 4) is 0 Å². The third kappa shape index (κ3) is 6.01. The molecule has 0 unspecified atom stereocenters. The van der Waals surface area contributed by atoms with Gasteiger partial charge in [-0.3, -0.25) is 4.79 Å². The highest BCUT2D eigenvalue weighted by atomic mass is 127. The Morgan fingerprint density at radius 1 is 1.30 bits per heavy atom. The first kappa shape index (κ1) is 17.8. The highest BCUT2D eigenvalue weighted by Crippen LogP contribution is 2.32. The molecule has 6 heteroatoms. The lowest BCUT2D eigenvalue weighted by Crippen LogP contribution is -2.76. The van der Waals surface area contributed by atoms with E-state index in [1.54, 1.807) is 0 Å². The molecule has 0 radical (unpaired) electrons. The van der Waals surface area contributed by atoms with Crippen LogP contribution in [0.5, 0.6) is 0 Å². The van der Waals surface area contributed by atoms with E-state index in [4.69, 9.17) is 0 Å². The van der Waals surface area contributed by atoms with Crippen LogP contribution >= 0.6 is 20.7 Å². The molecule has 0 aromatic rings. The topological polar surface area (TPSA) is 31.0 Å². The van der Waals surface area contributed by atoms with Gasteiger partial charge in [-0.25, -0.2) is 4.99 Å². The van der Waals surface area contributed by atoms with E-state index in [1.165, 1.54) is 0 Å². The third-order valence-corrected chi connectivity index (χ3v) is 6.29. The lowest BCUT2D eigenvalue weighted by molar-refractivity contribution is -0.457. The van der Waals surface area contributed by atoms with Crippen LogP contribution in [-0.2, 0) is 4.79 Å². The summed E-state index contributed by atoms with van der Waals surface area (Å²) in [7, 11) is 0. The smallest absolute Gasteiger partial charge is 0.293 e. The Bertz CT molecular complexity index is 425. The van der Waals surface area contributed by atoms with Crippen LogP contribution in [-0.4, -0.2) is 32.2 Å². The van der Waals surface area contributed by atoms with Crippen molar-refractivity contribution in [3.05, 3.63) is 0 Å². The van der Waals surface area contributed by atoms with Crippen molar-refractivity contribution in [2.45, 2.75) is 52.6 Å². The molecule has 0 aliphatic heterocycles. The van der Waals surface area contributed by atoms with Crippen LogP contribution in [0.3, 0.4) is 0 Å².